The molecule has 0 aliphatic rings. The van der Waals surface area contributed by atoms with Gasteiger partial charge in [0.05, 0.1) is 24.5 Å². The molecule has 0 saturated heterocycles. The van der Waals surface area contributed by atoms with E-state index in [2.05, 4.69) is 32.9 Å². The predicted molar refractivity (Wildman–Crippen MR) is 92.1 cm³/mol. The van der Waals surface area contributed by atoms with Gasteiger partial charge in [0.1, 0.15) is 0 Å². The molecule has 23 heavy (non-hydrogen) atoms. The summed E-state index contributed by atoms with van der Waals surface area (Å²) in [7, 11) is 0. The normalized spacial score (nSPS) is 11.8. The van der Waals surface area contributed by atoms with Crippen molar-refractivity contribution in [3.63, 3.8) is 0 Å². The van der Waals surface area contributed by atoms with Gasteiger partial charge in [0.15, 0.2) is 0 Å². The van der Waals surface area contributed by atoms with Crippen LogP contribution in [0.5, 0.6) is 0 Å². The third-order valence-electron chi connectivity index (χ3n) is 3.43. The molecular formula is C19H24N2O2. The van der Waals surface area contributed by atoms with Crippen molar-refractivity contribution < 1.29 is 9.53 Å². The summed E-state index contributed by atoms with van der Waals surface area (Å²) in [4.78, 5) is 11.6. The lowest BCUT2D eigenvalue weighted by Crippen LogP contribution is -2.13. The Morgan fingerprint density at radius 3 is 2.57 bits per heavy atom. The zero-order chi connectivity index (χ0) is 16.9. The van der Waals surface area contributed by atoms with E-state index in [-0.39, 0.29) is 11.4 Å². The molecule has 4 nitrogen and oxygen atoms in total. The molecule has 0 fully saturated rings. The van der Waals surface area contributed by atoms with Crippen LogP contribution in [0.3, 0.4) is 0 Å². The molecule has 1 heterocycles. The van der Waals surface area contributed by atoms with Crippen molar-refractivity contribution in [1.29, 1.82) is 0 Å². The molecule has 122 valence electrons. The highest BCUT2D eigenvalue weighted by molar-refractivity contribution is 5.86. The van der Waals surface area contributed by atoms with Crippen molar-refractivity contribution in [3.8, 4) is 0 Å². The Labute approximate surface area is 137 Å². The molecule has 0 bridgehead atoms. The second-order valence-electron chi connectivity index (χ2n) is 6.43. The van der Waals surface area contributed by atoms with Crippen molar-refractivity contribution in [2.45, 2.75) is 39.7 Å². The van der Waals surface area contributed by atoms with Crippen LogP contribution < -0.4 is 0 Å². The summed E-state index contributed by atoms with van der Waals surface area (Å²) in [5, 5.41) is 4.71. The van der Waals surface area contributed by atoms with Gasteiger partial charge < -0.3 is 4.74 Å². The summed E-state index contributed by atoms with van der Waals surface area (Å²) in [6, 6.07) is 12.2. The highest BCUT2D eigenvalue weighted by atomic mass is 16.5. The maximum atomic E-state index is 11.6. The van der Waals surface area contributed by atoms with Gasteiger partial charge in [0.25, 0.3) is 0 Å². The summed E-state index contributed by atoms with van der Waals surface area (Å²) in [6.07, 6.45) is 3.22. The number of aromatic nitrogens is 2. The van der Waals surface area contributed by atoms with Crippen LogP contribution in [0.4, 0.5) is 0 Å². The van der Waals surface area contributed by atoms with E-state index >= 15 is 0 Å². The topological polar surface area (TPSA) is 44.1 Å². The van der Waals surface area contributed by atoms with E-state index in [4.69, 9.17) is 9.84 Å². The van der Waals surface area contributed by atoms with E-state index < -0.39 is 0 Å². The first-order valence-corrected chi connectivity index (χ1v) is 7.87. The molecule has 0 N–H and O–H groups in total. The number of carbonyl (C=O) groups is 1. The highest BCUT2D eigenvalue weighted by Gasteiger charge is 2.19. The Bertz CT molecular complexity index is 679. The molecule has 1 aromatic heterocycles. The molecule has 2 rings (SSSR count). The number of rotatable bonds is 5. The third kappa shape index (κ3) is 4.81. The highest BCUT2D eigenvalue weighted by Crippen LogP contribution is 2.23. The largest absolute Gasteiger partial charge is 0.463 e. The fourth-order valence-electron chi connectivity index (χ4n) is 2.16. The smallest absolute Gasteiger partial charge is 0.330 e. The monoisotopic (exact) mass is 312 g/mol. The van der Waals surface area contributed by atoms with Crippen molar-refractivity contribution in [2.75, 3.05) is 6.61 Å². The van der Waals surface area contributed by atoms with Crippen molar-refractivity contribution in [3.05, 3.63) is 59.4 Å². The minimum absolute atomic E-state index is 0.0472. The lowest BCUT2D eigenvalue weighted by atomic mass is 9.92. The van der Waals surface area contributed by atoms with Crippen LogP contribution in [0, 0.1) is 0 Å². The Morgan fingerprint density at radius 1 is 1.26 bits per heavy atom. The maximum Gasteiger partial charge on any atom is 0.330 e. The summed E-state index contributed by atoms with van der Waals surface area (Å²) < 4.78 is 6.86. The summed E-state index contributed by atoms with van der Waals surface area (Å²) >= 11 is 0. The van der Waals surface area contributed by atoms with E-state index in [0.717, 1.165) is 11.4 Å². The number of benzene rings is 1. The first-order chi connectivity index (χ1) is 10.9. The molecule has 0 radical (unpaired) electrons. The lowest BCUT2D eigenvalue weighted by molar-refractivity contribution is -0.137. The van der Waals surface area contributed by atoms with Crippen LogP contribution in [-0.4, -0.2) is 22.4 Å². The Morgan fingerprint density at radius 2 is 1.96 bits per heavy atom. The molecule has 0 saturated carbocycles. The van der Waals surface area contributed by atoms with Crippen LogP contribution in [0.15, 0.2) is 42.5 Å². The summed E-state index contributed by atoms with van der Waals surface area (Å²) in [5.41, 5.74) is 3.01. The van der Waals surface area contributed by atoms with Gasteiger partial charge in [-0.2, -0.15) is 5.10 Å². The zero-order valence-corrected chi connectivity index (χ0v) is 14.2. The number of esters is 1. The summed E-state index contributed by atoms with van der Waals surface area (Å²) in [5.74, 6) is -0.336. The van der Waals surface area contributed by atoms with E-state index in [0.29, 0.717) is 13.2 Å². The quantitative estimate of drug-likeness (QED) is 0.623. The fraction of sp³-hybridized carbons (Fsp3) is 0.368. The predicted octanol–water partition coefficient (Wildman–Crippen LogP) is 3.81. The summed E-state index contributed by atoms with van der Waals surface area (Å²) in [6.45, 7) is 9.21. The molecule has 1 aromatic carbocycles. The number of carbonyl (C=O) groups excluding carboxylic acids is 1. The molecule has 0 spiro atoms. The third-order valence-corrected chi connectivity index (χ3v) is 3.43. The second-order valence-corrected chi connectivity index (χ2v) is 6.43. The van der Waals surface area contributed by atoms with Crippen molar-refractivity contribution in [2.24, 2.45) is 0 Å². The van der Waals surface area contributed by atoms with Gasteiger partial charge >= 0.3 is 5.97 Å². The second kappa shape index (κ2) is 7.27. The minimum atomic E-state index is -0.336. The first kappa shape index (κ1) is 17.0. The van der Waals surface area contributed by atoms with E-state index in [9.17, 15) is 4.79 Å². The standard InChI is InChI=1S/C19H24N2O2/c1-5-23-18(22)12-11-16-13-17(19(2,3)4)20-21(16)14-15-9-7-6-8-10-15/h6-13H,5,14H2,1-4H3/b12-11+. The van der Waals surface area contributed by atoms with Crippen molar-refractivity contribution >= 4 is 12.0 Å². The maximum absolute atomic E-state index is 11.6. The first-order valence-electron chi connectivity index (χ1n) is 7.87. The Balaban J connectivity index is 2.31. The van der Waals surface area contributed by atoms with Crippen LogP contribution in [0.2, 0.25) is 0 Å². The lowest BCUT2D eigenvalue weighted by Gasteiger charge is -2.14. The molecule has 0 atom stereocenters. The van der Waals surface area contributed by atoms with Gasteiger partial charge in [-0.3, -0.25) is 4.68 Å². The fourth-order valence-corrected chi connectivity index (χ4v) is 2.16. The van der Waals surface area contributed by atoms with Crippen LogP contribution in [-0.2, 0) is 21.5 Å². The number of nitrogens with zero attached hydrogens (tertiary/aromatic N) is 2. The van der Waals surface area contributed by atoms with E-state index in [1.54, 1.807) is 13.0 Å². The molecule has 0 amide bonds. The molecular weight excluding hydrogens is 288 g/mol. The molecule has 0 unspecified atom stereocenters. The van der Waals surface area contributed by atoms with Crippen molar-refractivity contribution in [1.82, 2.24) is 9.78 Å². The Hall–Kier alpha value is -2.36. The van der Waals surface area contributed by atoms with Gasteiger partial charge in [-0.15, -0.1) is 0 Å². The number of hydrogen-bond donors (Lipinski definition) is 0. The average Bonchev–Trinajstić information content (AvgIpc) is 2.90. The van der Waals surface area contributed by atoms with Crippen LogP contribution in [0.25, 0.3) is 6.08 Å². The van der Waals surface area contributed by atoms with Crippen LogP contribution in [0.1, 0.15) is 44.6 Å². The van der Waals surface area contributed by atoms with E-state index in [1.807, 2.05) is 28.9 Å². The zero-order valence-electron chi connectivity index (χ0n) is 14.2. The molecule has 0 aliphatic carbocycles. The minimum Gasteiger partial charge on any atom is -0.463 e. The number of ether oxygens (including phenoxy) is 1. The Kier molecular flexibility index (Phi) is 5.37. The van der Waals surface area contributed by atoms with Gasteiger partial charge in [-0.05, 0) is 24.6 Å². The average molecular weight is 312 g/mol. The SMILES string of the molecule is CCOC(=O)/C=C/c1cc(C(C)(C)C)nn1Cc1ccccc1. The van der Waals surface area contributed by atoms with Gasteiger partial charge in [-0.25, -0.2) is 4.79 Å². The van der Waals surface area contributed by atoms with Gasteiger partial charge in [0.2, 0.25) is 0 Å². The van der Waals surface area contributed by atoms with Gasteiger partial charge in [0, 0.05) is 11.5 Å². The molecule has 4 heteroatoms. The van der Waals surface area contributed by atoms with Crippen LogP contribution >= 0.6 is 0 Å². The molecule has 0 aliphatic heterocycles. The van der Waals surface area contributed by atoms with E-state index in [1.165, 1.54) is 11.6 Å². The van der Waals surface area contributed by atoms with Gasteiger partial charge in [-0.1, -0.05) is 51.1 Å². The molecule has 2 aromatic rings. The number of hydrogen-bond acceptors (Lipinski definition) is 3.